The SMILES string of the molecule is COc1ccc(NC(=O)NN=Cc2cn[nH]c2-c2ccccc2)cc1. The molecule has 1 heterocycles. The van der Waals surface area contributed by atoms with Crippen LogP contribution in [0.5, 0.6) is 5.75 Å². The first-order valence-corrected chi connectivity index (χ1v) is 7.59. The van der Waals surface area contributed by atoms with Gasteiger partial charge in [0.05, 0.1) is 25.2 Å². The highest BCUT2D eigenvalue weighted by Crippen LogP contribution is 2.19. The number of hydrogen-bond acceptors (Lipinski definition) is 4. The van der Waals surface area contributed by atoms with Gasteiger partial charge in [0.1, 0.15) is 5.75 Å². The maximum Gasteiger partial charge on any atom is 0.339 e. The van der Waals surface area contributed by atoms with Crippen LogP contribution in [-0.4, -0.2) is 29.6 Å². The van der Waals surface area contributed by atoms with Crippen molar-refractivity contribution in [3.8, 4) is 17.0 Å². The van der Waals surface area contributed by atoms with Crippen LogP contribution < -0.4 is 15.5 Å². The molecule has 3 aromatic rings. The van der Waals surface area contributed by atoms with Crippen molar-refractivity contribution in [3.63, 3.8) is 0 Å². The van der Waals surface area contributed by atoms with E-state index in [9.17, 15) is 4.79 Å². The van der Waals surface area contributed by atoms with E-state index in [-0.39, 0.29) is 0 Å². The molecule has 0 aliphatic rings. The molecule has 0 aliphatic carbocycles. The van der Waals surface area contributed by atoms with E-state index < -0.39 is 6.03 Å². The van der Waals surface area contributed by atoms with Gasteiger partial charge >= 0.3 is 6.03 Å². The third-order valence-corrected chi connectivity index (χ3v) is 3.45. The van der Waals surface area contributed by atoms with E-state index >= 15 is 0 Å². The number of methoxy groups -OCH3 is 1. The number of hydrogen-bond donors (Lipinski definition) is 3. The first kappa shape index (κ1) is 16.3. The molecule has 7 nitrogen and oxygen atoms in total. The molecule has 2 amide bonds. The fourth-order valence-electron chi connectivity index (χ4n) is 2.22. The van der Waals surface area contributed by atoms with E-state index in [2.05, 4.69) is 26.0 Å². The van der Waals surface area contributed by atoms with Crippen molar-refractivity contribution in [3.05, 3.63) is 66.4 Å². The van der Waals surface area contributed by atoms with Crippen molar-refractivity contribution in [2.75, 3.05) is 12.4 Å². The van der Waals surface area contributed by atoms with Crippen LogP contribution in [0.4, 0.5) is 10.5 Å². The van der Waals surface area contributed by atoms with E-state index in [1.807, 2.05) is 30.3 Å². The maximum atomic E-state index is 11.9. The topological polar surface area (TPSA) is 91.4 Å². The van der Waals surface area contributed by atoms with Crippen LogP contribution in [0.2, 0.25) is 0 Å². The Kier molecular flexibility index (Phi) is 5.06. The summed E-state index contributed by atoms with van der Waals surface area (Å²) in [6, 6.07) is 16.3. The van der Waals surface area contributed by atoms with Crippen molar-refractivity contribution in [2.24, 2.45) is 5.10 Å². The number of amides is 2. The van der Waals surface area contributed by atoms with Crippen LogP contribution in [0.1, 0.15) is 5.56 Å². The van der Waals surface area contributed by atoms with E-state index in [0.29, 0.717) is 5.69 Å². The molecule has 126 valence electrons. The summed E-state index contributed by atoms with van der Waals surface area (Å²) >= 11 is 0. The van der Waals surface area contributed by atoms with E-state index in [1.54, 1.807) is 43.8 Å². The number of anilines is 1. The highest BCUT2D eigenvalue weighted by Gasteiger charge is 2.05. The van der Waals surface area contributed by atoms with Crippen LogP contribution >= 0.6 is 0 Å². The number of H-pyrrole nitrogens is 1. The molecule has 0 radical (unpaired) electrons. The van der Waals surface area contributed by atoms with E-state index in [0.717, 1.165) is 22.6 Å². The number of carbonyl (C=O) groups is 1. The van der Waals surface area contributed by atoms with Gasteiger partial charge < -0.3 is 10.1 Å². The second-order valence-corrected chi connectivity index (χ2v) is 5.12. The Morgan fingerprint density at radius 1 is 1.16 bits per heavy atom. The number of rotatable bonds is 5. The summed E-state index contributed by atoms with van der Waals surface area (Å²) in [4.78, 5) is 11.9. The Bertz CT molecular complexity index is 857. The van der Waals surface area contributed by atoms with Crippen molar-refractivity contribution in [1.82, 2.24) is 15.6 Å². The fourth-order valence-corrected chi connectivity index (χ4v) is 2.22. The number of aromatic nitrogens is 2. The Labute approximate surface area is 144 Å². The largest absolute Gasteiger partial charge is 0.497 e. The summed E-state index contributed by atoms with van der Waals surface area (Å²) in [5.74, 6) is 0.720. The number of ether oxygens (including phenoxy) is 1. The smallest absolute Gasteiger partial charge is 0.339 e. The van der Waals surface area contributed by atoms with Gasteiger partial charge in [0.2, 0.25) is 0 Å². The number of urea groups is 1. The maximum absolute atomic E-state index is 11.9. The molecule has 0 saturated carbocycles. The van der Waals surface area contributed by atoms with Gasteiger partial charge in [0.15, 0.2) is 0 Å². The normalized spacial score (nSPS) is 10.6. The van der Waals surface area contributed by atoms with Crippen LogP contribution in [0.15, 0.2) is 65.9 Å². The first-order valence-electron chi connectivity index (χ1n) is 7.59. The minimum absolute atomic E-state index is 0.439. The summed E-state index contributed by atoms with van der Waals surface area (Å²) in [6.45, 7) is 0. The van der Waals surface area contributed by atoms with Gasteiger partial charge in [-0.15, -0.1) is 0 Å². The van der Waals surface area contributed by atoms with Gasteiger partial charge in [-0.05, 0) is 24.3 Å². The lowest BCUT2D eigenvalue weighted by Crippen LogP contribution is -2.24. The van der Waals surface area contributed by atoms with Gasteiger partial charge in [0, 0.05) is 16.8 Å². The molecule has 1 aromatic heterocycles. The molecular weight excluding hydrogens is 318 g/mol. The molecule has 0 spiro atoms. The molecular formula is C18H17N5O2. The Balaban J connectivity index is 1.60. The third kappa shape index (κ3) is 4.23. The second-order valence-electron chi connectivity index (χ2n) is 5.12. The molecule has 7 heteroatoms. The van der Waals surface area contributed by atoms with Gasteiger partial charge in [0.25, 0.3) is 0 Å². The van der Waals surface area contributed by atoms with Gasteiger partial charge in [-0.25, -0.2) is 10.2 Å². The summed E-state index contributed by atoms with van der Waals surface area (Å²) < 4.78 is 5.07. The molecule has 0 unspecified atom stereocenters. The molecule has 0 bridgehead atoms. The zero-order valence-corrected chi connectivity index (χ0v) is 13.6. The lowest BCUT2D eigenvalue weighted by Gasteiger charge is -2.05. The quantitative estimate of drug-likeness (QED) is 0.494. The average molecular weight is 335 g/mol. The molecule has 0 atom stereocenters. The number of benzene rings is 2. The molecule has 3 rings (SSSR count). The van der Waals surface area contributed by atoms with Gasteiger partial charge in [-0.2, -0.15) is 10.2 Å². The van der Waals surface area contributed by atoms with E-state index in [4.69, 9.17) is 4.74 Å². The van der Waals surface area contributed by atoms with E-state index in [1.165, 1.54) is 0 Å². The number of carbonyl (C=O) groups excluding carboxylic acids is 1. The minimum atomic E-state index is -0.439. The number of nitrogens with zero attached hydrogens (tertiary/aromatic N) is 2. The Hall–Kier alpha value is -3.61. The van der Waals surface area contributed by atoms with Gasteiger partial charge in [-0.1, -0.05) is 30.3 Å². The monoisotopic (exact) mass is 335 g/mol. The third-order valence-electron chi connectivity index (χ3n) is 3.45. The van der Waals surface area contributed by atoms with Crippen molar-refractivity contribution in [1.29, 1.82) is 0 Å². The average Bonchev–Trinajstić information content (AvgIpc) is 3.11. The van der Waals surface area contributed by atoms with Crippen molar-refractivity contribution in [2.45, 2.75) is 0 Å². The van der Waals surface area contributed by atoms with Crippen molar-refractivity contribution < 1.29 is 9.53 Å². The molecule has 0 saturated heterocycles. The summed E-state index contributed by atoms with van der Waals surface area (Å²) in [5, 5.41) is 13.6. The zero-order valence-electron chi connectivity index (χ0n) is 13.6. The standard InChI is InChI=1S/C18H17N5O2/c1-25-16-9-7-15(8-10-16)21-18(24)23-20-12-14-11-19-22-17(14)13-5-3-2-4-6-13/h2-12H,1H3,(H,19,22)(H2,21,23,24). The van der Waals surface area contributed by atoms with Crippen LogP contribution in [0.3, 0.4) is 0 Å². The molecule has 25 heavy (non-hydrogen) atoms. The van der Waals surface area contributed by atoms with Crippen LogP contribution in [-0.2, 0) is 0 Å². The second kappa shape index (κ2) is 7.78. The van der Waals surface area contributed by atoms with Crippen LogP contribution in [0, 0.1) is 0 Å². The highest BCUT2D eigenvalue weighted by molar-refractivity contribution is 5.92. The van der Waals surface area contributed by atoms with Crippen LogP contribution in [0.25, 0.3) is 11.3 Å². The number of nitrogens with one attached hydrogen (secondary N) is 3. The van der Waals surface area contributed by atoms with Gasteiger partial charge in [-0.3, -0.25) is 5.10 Å². The molecule has 2 aromatic carbocycles. The van der Waals surface area contributed by atoms with Crippen molar-refractivity contribution >= 4 is 17.9 Å². The Morgan fingerprint density at radius 3 is 2.64 bits per heavy atom. The number of aromatic amines is 1. The highest BCUT2D eigenvalue weighted by atomic mass is 16.5. The summed E-state index contributed by atoms with van der Waals surface area (Å²) in [6.07, 6.45) is 3.19. The minimum Gasteiger partial charge on any atom is -0.497 e. The lowest BCUT2D eigenvalue weighted by molar-refractivity contribution is 0.252. The summed E-state index contributed by atoms with van der Waals surface area (Å²) in [7, 11) is 1.59. The molecule has 3 N–H and O–H groups in total. The molecule has 0 fully saturated rings. The predicted molar refractivity (Wildman–Crippen MR) is 96.8 cm³/mol. The lowest BCUT2D eigenvalue weighted by atomic mass is 10.1. The predicted octanol–water partition coefficient (Wildman–Crippen LogP) is 3.24. The molecule has 0 aliphatic heterocycles. The first-order chi connectivity index (χ1) is 12.3. The fraction of sp³-hybridized carbons (Fsp3) is 0.0556. The summed E-state index contributed by atoms with van der Waals surface area (Å²) in [5.41, 5.74) is 5.66. The zero-order chi connectivity index (χ0) is 17.5. The number of hydrazone groups is 1. The Morgan fingerprint density at radius 2 is 1.92 bits per heavy atom.